The third kappa shape index (κ3) is 2.07. The Morgan fingerprint density at radius 3 is 2.69 bits per heavy atom. The van der Waals surface area contributed by atoms with Gasteiger partial charge in [-0.1, -0.05) is 23.2 Å². The minimum Gasteiger partial charge on any atom is -0.384 e. The predicted octanol–water partition coefficient (Wildman–Crippen LogP) is 2.91. The maximum Gasteiger partial charge on any atom is 0.105 e. The summed E-state index contributed by atoms with van der Waals surface area (Å²) in [5, 5.41) is 11.8. The van der Waals surface area contributed by atoms with E-state index in [2.05, 4.69) is 11.8 Å². The Hall–Kier alpha value is -0.280. The van der Waals surface area contributed by atoms with Crippen LogP contribution in [0.3, 0.4) is 0 Å². The second kappa shape index (κ2) is 4.19. The fourth-order valence-corrected chi connectivity index (χ4v) is 2.79. The molecule has 0 aliphatic carbocycles. The number of nitrogens with zero attached hydrogens (tertiary/aromatic N) is 1. The Kier molecular flexibility index (Phi) is 3.19. The highest BCUT2D eigenvalue weighted by molar-refractivity contribution is 6.33. The Labute approximate surface area is 106 Å². The molecule has 2 rings (SSSR count). The van der Waals surface area contributed by atoms with Gasteiger partial charge in [0.25, 0.3) is 0 Å². The van der Waals surface area contributed by atoms with Crippen LogP contribution in [0.5, 0.6) is 0 Å². The first-order valence-electron chi connectivity index (χ1n) is 5.30. The highest BCUT2D eigenvalue weighted by Crippen LogP contribution is 2.39. The molecule has 2 unspecified atom stereocenters. The summed E-state index contributed by atoms with van der Waals surface area (Å²) in [6.07, 6.45) is 0.684. The molecule has 88 valence electrons. The summed E-state index contributed by atoms with van der Waals surface area (Å²) in [5.74, 6) is 0. The van der Waals surface area contributed by atoms with Crippen molar-refractivity contribution in [1.29, 1.82) is 0 Å². The van der Waals surface area contributed by atoms with Gasteiger partial charge in [-0.2, -0.15) is 0 Å². The van der Waals surface area contributed by atoms with Gasteiger partial charge in [-0.05, 0) is 38.6 Å². The van der Waals surface area contributed by atoms with E-state index in [1.54, 1.807) is 18.2 Å². The molecule has 2 atom stereocenters. The first-order valence-corrected chi connectivity index (χ1v) is 6.06. The molecule has 0 amide bonds. The minimum absolute atomic E-state index is 0.347. The fraction of sp³-hybridized carbons (Fsp3) is 0.500. The summed E-state index contributed by atoms with van der Waals surface area (Å²) >= 11 is 12.1. The van der Waals surface area contributed by atoms with Crippen LogP contribution in [0, 0.1) is 0 Å². The van der Waals surface area contributed by atoms with Crippen molar-refractivity contribution >= 4 is 23.2 Å². The molecule has 0 aromatic heterocycles. The normalized spacial score (nSPS) is 30.9. The van der Waals surface area contributed by atoms with Crippen LogP contribution in [-0.2, 0) is 5.60 Å². The molecular formula is C12H15Cl2NO. The van der Waals surface area contributed by atoms with Gasteiger partial charge in [-0.15, -0.1) is 0 Å². The second-order valence-electron chi connectivity index (χ2n) is 4.62. The molecule has 1 saturated heterocycles. The number of likely N-dealkylation sites (N-methyl/N-ethyl adjacent to an activating group) is 1. The monoisotopic (exact) mass is 259 g/mol. The topological polar surface area (TPSA) is 23.5 Å². The van der Waals surface area contributed by atoms with E-state index < -0.39 is 5.60 Å². The van der Waals surface area contributed by atoms with Crippen LogP contribution in [0.15, 0.2) is 18.2 Å². The molecule has 16 heavy (non-hydrogen) atoms. The van der Waals surface area contributed by atoms with Crippen LogP contribution in [-0.4, -0.2) is 29.6 Å². The summed E-state index contributed by atoms with van der Waals surface area (Å²) < 4.78 is 0. The lowest BCUT2D eigenvalue weighted by Gasteiger charge is -2.24. The predicted molar refractivity (Wildman–Crippen MR) is 67.1 cm³/mol. The number of benzene rings is 1. The molecule has 0 spiro atoms. The second-order valence-corrected chi connectivity index (χ2v) is 5.47. The van der Waals surface area contributed by atoms with Crippen molar-refractivity contribution in [1.82, 2.24) is 4.90 Å². The molecule has 1 heterocycles. The van der Waals surface area contributed by atoms with Crippen LogP contribution < -0.4 is 0 Å². The van der Waals surface area contributed by atoms with Gasteiger partial charge in [0.15, 0.2) is 0 Å². The van der Waals surface area contributed by atoms with E-state index in [0.717, 1.165) is 5.56 Å². The zero-order chi connectivity index (χ0) is 11.9. The Bertz CT molecular complexity index is 398. The highest BCUT2D eigenvalue weighted by atomic mass is 35.5. The third-order valence-electron chi connectivity index (χ3n) is 3.33. The SMILES string of the molecule is CC1CC(O)(c2cc(Cl)ccc2Cl)CN1C. The van der Waals surface area contributed by atoms with E-state index in [1.165, 1.54) is 0 Å². The van der Waals surface area contributed by atoms with Crippen LogP contribution in [0.25, 0.3) is 0 Å². The van der Waals surface area contributed by atoms with Crippen molar-refractivity contribution < 1.29 is 5.11 Å². The first kappa shape index (κ1) is 12.2. The van der Waals surface area contributed by atoms with Crippen LogP contribution >= 0.6 is 23.2 Å². The maximum atomic E-state index is 10.6. The number of hydrogen-bond acceptors (Lipinski definition) is 2. The molecule has 1 aliphatic rings. The zero-order valence-electron chi connectivity index (χ0n) is 9.37. The molecule has 0 radical (unpaired) electrons. The molecule has 1 N–H and O–H groups in total. The minimum atomic E-state index is -0.879. The Morgan fingerprint density at radius 1 is 1.44 bits per heavy atom. The Morgan fingerprint density at radius 2 is 2.12 bits per heavy atom. The average molecular weight is 260 g/mol. The van der Waals surface area contributed by atoms with Gasteiger partial charge < -0.3 is 10.0 Å². The smallest absolute Gasteiger partial charge is 0.105 e. The maximum absolute atomic E-state index is 10.6. The average Bonchev–Trinajstić information content (AvgIpc) is 2.46. The van der Waals surface area contributed by atoms with E-state index >= 15 is 0 Å². The van der Waals surface area contributed by atoms with Crippen molar-refractivity contribution in [2.75, 3.05) is 13.6 Å². The molecule has 2 nitrogen and oxygen atoms in total. The van der Waals surface area contributed by atoms with E-state index in [-0.39, 0.29) is 0 Å². The van der Waals surface area contributed by atoms with Crippen LogP contribution in [0.4, 0.5) is 0 Å². The summed E-state index contributed by atoms with van der Waals surface area (Å²) in [7, 11) is 2.00. The molecular weight excluding hydrogens is 245 g/mol. The lowest BCUT2D eigenvalue weighted by atomic mass is 9.91. The largest absolute Gasteiger partial charge is 0.384 e. The van der Waals surface area contributed by atoms with Crippen molar-refractivity contribution in [3.05, 3.63) is 33.8 Å². The number of rotatable bonds is 1. The lowest BCUT2D eigenvalue weighted by Crippen LogP contribution is -2.29. The summed E-state index contributed by atoms with van der Waals surface area (Å²) in [6, 6.07) is 5.58. The van der Waals surface area contributed by atoms with Crippen molar-refractivity contribution in [3.63, 3.8) is 0 Å². The number of hydrogen-bond donors (Lipinski definition) is 1. The lowest BCUT2D eigenvalue weighted by molar-refractivity contribution is 0.0487. The number of β-amino-alcohol motifs (C(OH)–C–C–N with tert-alkyl or cyclic N) is 1. The van der Waals surface area contributed by atoms with Gasteiger partial charge in [0.2, 0.25) is 0 Å². The summed E-state index contributed by atoms with van der Waals surface area (Å²) in [5.41, 5.74) is -0.145. The molecule has 1 aromatic rings. The molecule has 1 aromatic carbocycles. The van der Waals surface area contributed by atoms with Gasteiger partial charge in [-0.3, -0.25) is 0 Å². The zero-order valence-corrected chi connectivity index (χ0v) is 10.9. The fourth-order valence-electron chi connectivity index (χ4n) is 2.33. The molecule has 0 saturated carbocycles. The van der Waals surface area contributed by atoms with Gasteiger partial charge in [0.05, 0.1) is 0 Å². The molecule has 1 aliphatic heterocycles. The van der Waals surface area contributed by atoms with E-state index in [4.69, 9.17) is 23.2 Å². The summed E-state index contributed by atoms with van der Waals surface area (Å²) in [6.45, 7) is 2.69. The third-order valence-corrected chi connectivity index (χ3v) is 3.89. The van der Waals surface area contributed by atoms with Crippen molar-refractivity contribution in [2.24, 2.45) is 0 Å². The van der Waals surface area contributed by atoms with E-state index in [9.17, 15) is 5.11 Å². The summed E-state index contributed by atoms with van der Waals surface area (Å²) in [4.78, 5) is 2.12. The van der Waals surface area contributed by atoms with Crippen molar-refractivity contribution in [2.45, 2.75) is 25.0 Å². The molecule has 4 heteroatoms. The van der Waals surface area contributed by atoms with Crippen LogP contribution in [0.1, 0.15) is 18.9 Å². The van der Waals surface area contributed by atoms with Gasteiger partial charge >= 0.3 is 0 Å². The van der Waals surface area contributed by atoms with Crippen LogP contribution in [0.2, 0.25) is 10.0 Å². The van der Waals surface area contributed by atoms with E-state index in [1.807, 2.05) is 7.05 Å². The number of aliphatic hydroxyl groups is 1. The Balaban J connectivity index is 2.40. The first-order chi connectivity index (χ1) is 7.42. The number of likely N-dealkylation sites (tertiary alicyclic amines) is 1. The number of halogens is 2. The molecule has 1 fully saturated rings. The highest BCUT2D eigenvalue weighted by Gasteiger charge is 2.41. The molecule has 0 bridgehead atoms. The quantitative estimate of drug-likeness (QED) is 0.839. The standard InChI is InChI=1S/C12H15Cl2NO/c1-8-6-12(16,7-15(8)2)10-5-9(13)3-4-11(10)14/h3-5,8,16H,6-7H2,1-2H3. The van der Waals surface area contributed by atoms with E-state index in [0.29, 0.717) is 29.1 Å². The van der Waals surface area contributed by atoms with Crippen molar-refractivity contribution in [3.8, 4) is 0 Å². The van der Waals surface area contributed by atoms with Gasteiger partial charge in [0.1, 0.15) is 5.60 Å². The van der Waals surface area contributed by atoms with Gasteiger partial charge in [-0.25, -0.2) is 0 Å². The van der Waals surface area contributed by atoms with Gasteiger partial charge in [0, 0.05) is 28.2 Å².